The fraction of sp³-hybridized carbons (Fsp3) is 0.765. The van der Waals surface area contributed by atoms with E-state index in [4.69, 9.17) is 5.73 Å². The van der Waals surface area contributed by atoms with Gasteiger partial charge in [-0.3, -0.25) is 4.90 Å². The molecule has 1 atom stereocenters. The first-order valence-electron chi connectivity index (χ1n) is 8.36. The van der Waals surface area contributed by atoms with Gasteiger partial charge in [-0.1, -0.05) is 13.0 Å². The Morgan fingerprint density at radius 2 is 2.24 bits per heavy atom. The zero-order valence-electron chi connectivity index (χ0n) is 13.7. The molecular formula is C17H31N3S. The van der Waals surface area contributed by atoms with Gasteiger partial charge >= 0.3 is 0 Å². The monoisotopic (exact) mass is 309 g/mol. The number of thiophene rings is 1. The molecule has 2 N–H and O–H groups in total. The highest BCUT2D eigenvalue weighted by atomic mass is 32.1. The lowest BCUT2D eigenvalue weighted by molar-refractivity contribution is 0.108. The molecule has 0 radical (unpaired) electrons. The van der Waals surface area contributed by atoms with E-state index in [0.29, 0.717) is 0 Å². The zero-order chi connectivity index (χ0) is 15.1. The third-order valence-corrected chi connectivity index (χ3v) is 5.95. The third kappa shape index (κ3) is 4.52. The van der Waals surface area contributed by atoms with Gasteiger partial charge in [0.2, 0.25) is 0 Å². The molecule has 0 bridgehead atoms. The van der Waals surface area contributed by atoms with Crippen LogP contribution >= 0.6 is 11.3 Å². The molecule has 1 unspecified atom stereocenters. The molecule has 2 heterocycles. The van der Waals surface area contributed by atoms with Crippen LogP contribution in [-0.2, 0) is 6.42 Å². The van der Waals surface area contributed by atoms with Crippen LogP contribution in [0.4, 0.5) is 0 Å². The van der Waals surface area contributed by atoms with Crippen molar-refractivity contribution >= 4 is 11.3 Å². The molecule has 1 aromatic heterocycles. The first-order chi connectivity index (χ1) is 10.2. The van der Waals surface area contributed by atoms with Crippen molar-refractivity contribution in [3.63, 3.8) is 0 Å². The summed E-state index contributed by atoms with van der Waals surface area (Å²) in [5.41, 5.74) is 6.43. The average molecular weight is 310 g/mol. The first kappa shape index (κ1) is 16.9. The number of nitrogens with zero attached hydrogens (tertiary/aromatic N) is 2. The van der Waals surface area contributed by atoms with Crippen molar-refractivity contribution in [1.82, 2.24) is 9.80 Å². The van der Waals surface area contributed by atoms with Gasteiger partial charge in [-0.2, -0.15) is 0 Å². The van der Waals surface area contributed by atoms with Crippen LogP contribution in [0.5, 0.6) is 0 Å². The Morgan fingerprint density at radius 3 is 2.90 bits per heavy atom. The van der Waals surface area contributed by atoms with E-state index in [9.17, 15) is 0 Å². The number of hydrogen-bond acceptors (Lipinski definition) is 4. The second kappa shape index (κ2) is 8.28. The summed E-state index contributed by atoms with van der Waals surface area (Å²) in [4.78, 5) is 6.64. The molecule has 1 aliphatic heterocycles. The maximum Gasteiger partial charge on any atom is 0.0341 e. The molecule has 0 spiro atoms. The topological polar surface area (TPSA) is 32.5 Å². The smallest absolute Gasteiger partial charge is 0.0341 e. The molecule has 2 rings (SSSR count). The number of nitrogens with two attached hydrogens (primary N) is 1. The van der Waals surface area contributed by atoms with Crippen molar-refractivity contribution in [3.05, 3.63) is 22.4 Å². The Balaban J connectivity index is 1.92. The molecule has 120 valence electrons. The van der Waals surface area contributed by atoms with Gasteiger partial charge in [0.1, 0.15) is 0 Å². The molecule has 0 saturated carbocycles. The minimum atomic E-state index is 0.208. The van der Waals surface area contributed by atoms with E-state index >= 15 is 0 Å². The van der Waals surface area contributed by atoms with Crippen molar-refractivity contribution < 1.29 is 0 Å². The Labute approximate surface area is 134 Å². The molecule has 0 amide bonds. The van der Waals surface area contributed by atoms with Crippen LogP contribution in [0.15, 0.2) is 17.5 Å². The van der Waals surface area contributed by atoms with Gasteiger partial charge < -0.3 is 10.6 Å². The van der Waals surface area contributed by atoms with E-state index in [1.165, 1.54) is 50.2 Å². The SMILES string of the molecule is CCCN1CCCC(CN)(N(C)CCc2cccs2)CC1. The van der Waals surface area contributed by atoms with Gasteiger partial charge in [-0.05, 0) is 70.2 Å². The van der Waals surface area contributed by atoms with E-state index in [-0.39, 0.29) is 5.54 Å². The molecule has 0 aromatic carbocycles. The van der Waals surface area contributed by atoms with Crippen LogP contribution in [0.2, 0.25) is 0 Å². The normalized spacial score (nSPS) is 24.4. The molecule has 1 aliphatic rings. The third-order valence-electron chi connectivity index (χ3n) is 5.01. The lowest BCUT2D eigenvalue weighted by atomic mass is 9.88. The van der Waals surface area contributed by atoms with Gasteiger partial charge in [-0.25, -0.2) is 0 Å². The molecule has 3 nitrogen and oxygen atoms in total. The van der Waals surface area contributed by atoms with Crippen LogP contribution in [-0.4, -0.2) is 55.1 Å². The summed E-state index contributed by atoms with van der Waals surface area (Å²) in [7, 11) is 2.27. The highest BCUT2D eigenvalue weighted by Crippen LogP contribution is 2.27. The lowest BCUT2D eigenvalue weighted by Gasteiger charge is -2.41. The van der Waals surface area contributed by atoms with Gasteiger partial charge in [0.15, 0.2) is 0 Å². The summed E-state index contributed by atoms with van der Waals surface area (Å²) in [5.74, 6) is 0. The predicted octanol–water partition coefficient (Wildman–Crippen LogP) is 2.82. The highest BCUT2D eigenvalue weighted by Gasteiger charge is 2.34. The summed E-state index contributed by atoms with van der Waals surface area (Å²) in [5, 5.41) is 2.17. The summed E-state index contributed by atoms with van der Waals surface area (Å²) < 4.78 is 0. The Hall–Kier alpha value is -0.420. The van der Waals surface area contributed by atoms with Crippen LogP contribution in [0.25, 0.3) is 0 Å². The second-order valence-electron chi connectivity index (χ2n) is 6.37. The largest absolute Gasteiger partial charge is 0.329 e. The maximum atomic E-state index is 6.22. The van der Waals surface area contributed by atoms with Crippen LogP contribution in [0, 0.1) is 0 Å². The minimum absolute atomic E-state index is 0.208. The van der Waals surface area contributed by atoms with E-state index in [2.05, 4.69) is 41.3 Å². The average Bonchev–Trinajstić information content (AvgIpc) is 2.93. The van der Waals surface area contributed by atoms with Crippen molar-refractivity contribution in [2.45, 2.75) is 44.6 Å². The Morgan fingerprint density at radius 1 is 1.38 bits per heavy atom. The first-order valence-corrected chi connectivity index (χ1v) is 9.24. The fourth-order valence-electron chi connectivity index (χ4n) is 3.49. The minimum Gasteiger partial charge on any atom is -0.329 e. The molecule has 21 heavy (non-hydrogen) atoms. The van der Waals surface area contributed by atoms with Crippen LogP contribution < -0.4 is 5.73 Å². The maximum absolute atomic E-state index is 6.22. The van der Waals surface area contributed by atoms with E-state index in [0.717, 1.165) is 19.5 Å². The van der Waals surface area contributed by atoms with E-state index in [1.807, 2.05) is 11.3 Å². The molecule has 1 fully saturated rings. The number of likely N-dealkylation sites (N-methyl/N-ethyl adjacent to an activating group) is 1. The number of likely N-dealkylation sites (tertiary alicyclic amines) is 1. The zero-order valence-corrected chi connectivity index (χ0v) is 14.5. The van der Waals surface area contributed by atoms with Crippen LogP contribution in [0.1, 0.15) is 37.5 Å². The highest BCUT2D eigenvalue weighted by molar-refractivity contribution is 7.09. The summed E-state index contributed by atoms with van der Waals surface area (Å²) in [6, 6.07) is 4.39. The van der Waals surface area contributed by atoms with Gasteiger partial charge in [-0.15, -0.1) is 11.3 Å². The van der Waals surface area contributed by atoms with Crippen LogP contribution in [0.3, 0.4) is 0 Å². The lowest BCUT2D eigenvalue weighted by Crippen LogP contribution is -2.53. The van der Waals surface area contributed by atoms with Crippen molar-refractivity contribution in [1.29, 1.82) is 0 Å². The number of hydrogen-bond donors (Lipinski definition) is 1. The molecule has 4 heteroatoms. The molecule has 1 aromatic rings. The Bertz CT molecular complexity index is 393. The quantitative estimate of drug-likeness (QED) is 0.840. The summed E-state index contributed by atoms with van der Waals surface area (Å²) in [6.45, 7) is 7.86. The molecular weight excluding hydrogens is 278 g/mol. The summed E-state index contributed by atoms with van der Waals surface area (Å²) in [6.07, 6.45) is 6.13. The summed E-state index contributed by atoms with van der Waals surface area (Å²) >= 11 is 1.86. The number of rotatable bonds is 7. The predicted molar refractivity (Wildman–Crippen MR) is 93.0 cm³/mol. The second-order valence-corrected chi connectivity index (χ2v) is 7.41. The van der Waals surface area contributed by atoms with E-state index in [1.54, 1.807) is 0 Å². The van der Waals surface area contributed by atoms with Crippen molar-refractivity contribution in [2.24, 2.45) is 5.73 Å². The van der Waals surface area contributed by atoms with Gasteiger partial charge in [0.05, 0.1) is 0 Å². The molecule has 1 saturated heterocycles. The Kier molecular flexibility index (Phi) is 6.68. The standard InChI is InChI=1S/C17H31N3S/c1-3-10-20-11-5-8-17(15-18,9-13-20)19(2)12-7-16-6-4-14-21-16/h4,6,14H,3,5,7-13,15,18H2,1-2H3. The fourth-order valence-corrected chi connectivity index (χ4v) is 4.18. The van der Waals surface area contributed by atoms with Gasteiger partial charge in [0.25, 0.3) is 0 Å². The molecule has 0 aliphatic carbocycles. The van der Waals surface area contributed by atoms with Crippen molar-refractivity contribution in [3.8, 4) is 0 Å². The van der Waals surface area contributed by atoms with Crippen molar-refractivity contribution in [2.75, 3.05) is 39.8 Å². The van der Waals surface area contributed by atoms with E-state index < -0.39 is 0 Å². The van der Waals surface area contributed by atoms with Gasteiger partial charge in [0, 0.05) is 23.5 Å².